The van der Waals surface area contributed by atoms with Crippen LogP contribution in [0.2, 0.25) is 0 Å². The molecule has 0 saturated heterocycles. The van der Waals surface area contributed by atoms with Gasteiger partial charge in [-0.15, -0.1) is 10.2 Å². The highest BCUT2D eigenvalue weighted by Gasteiger charge is 2.08. The number of imidazole rings is 1. The Hall–Kier alpha value is -3.04. The second kappa shape index (κ2) is 5.76. The SMILES string of the molecule is Cc1nc2ccc(CO)cn2c1N=Nc1cccc(C#N)c1. The van der Waals surface area contributed by atoms with E-state index in [2.05, 4.69) is 21.3 Å². The Labute approximate surface area is 127 Å². The summed E-state index contributed by atoms with van der Waals surface area (Å²) in [6, 6.07) is 12.6. The van der Waals surface area contributed by atoms with E-state index >= 15 is 0 Å². The second-order valence-corrected chi connectivity index (χ2v) is 4.81. The normalized spacial score (nSPS) is 11.1. The number of aromatic nitrogens is 2. The van der Waals surface area contributed by atoms with Crippen LogP contribution in [0.3, 0.4) is 0 Å². The molecule has 108 valence electrons. The van der Waals surface area contributed by atoms with E-state index in [1.165, 1.54) is 0 Å². The number of hydrogen-bond donors (Lipinski definition) is 1. The van der Waals surface area contributed by atoms with E-state index in [0.29, 0.717) is 17.1 Å². The lowest BCUT2D eigenvalue weighted by Crippen LogP contribution is -1.89. The quantitative estimate of drug-likeness (QED) is 0.750. The number of aliphatic hydroxyl groups excluding tert-OH is 1. The van der Waals surface area contributed by atoms with Gasteiger partial charge in [0.2, 0.25) is 0 Å². The zero-order valence-electron chi connectivity index (χ0n) is 11.9. The molecule has 0 saturated carbocycles. The Morgan fingerprint density at radius 3 is 2.91 bits per heavy atom. The van der Waals surface area contributed by atoms with Crippen LogP contribution in [0.1, 0.15) is 16.8 Å². The van der Waals surface area contributed by atoms with Gasteiger partial charge in [0.05, 0.1) is 29.6 Å². The van der Waals surface area contributed by atoms with Gasteiger partial charge >= 0.3 is 0 Å². The fourth-order valence-corrected chi connectivity index (χ4v) is 2.15. The van der Waals surface area contributed by atoms with Crippen molar-refractivity contribution in [3.8, 4) is 6.07 Å². The Bertz CT molecular complexity index is 905. The molecule has 1 aromatic carbocycles. The fourth-order valence-electron chi connectivity index (χ4n) is 2.15. The third-order valence-corrected chi connectivity index (χ3v) is 3.24. The van der Waals surface area contributed by atoms with Gasteiger partial charge in [-0.05, 0) is 36.8 Å². The molecule has 22 heavy (non-hydrogen) atoms. The topological polar surface area (TPSA) is 86.0 Å². The summed E-state index contributed by atoms with van der Waals surface area (Å²) >= 11 is 0. The highest BCUT2D eigenvalue weighted by molar-refractivity contribution is 5.53. The van der Waals surface area contributed by atoms with Crippen LogP contribution in [0.25, 0.3) is 5.65 Å². The van der Waals surface area contributed by atoms with Gasteiger partial charge in [0.15, 0.2) is 5.82 Å². The van der Waals surface area contributed by atoms with E-state index in [0.717, 1.165) is 16.9 Å². The Morgan fingerprint density at radius 2 is 2.14 bits per heavy atom. The molecule has 2 heterocycles. The first-order valence-electron chi connectivity index (χ1n) is 6.71. The summed E-state index contributed by atoms with van der Waals surface area (Å²) in [5, 5.41) is 26.6. The van der Waals surface area contributed by atoms with Gasteiger partial charge in [0, 0.05) is 6.20 Å². The molecule has 0 unspecified atom stereocenters. The molecule has 0 fully saturated rings. The first kappa shape index (κ1) is 13.9. The predicted molar refractivity (Wildman–Crippen MR) is 81.2 cm³/mol. The molecule has 6 heteroatoms. The van der Waals surface area contributed by atoms with Crippen molar-refractivity contribution >= 4 is 17.2 Å². The fraction of sp³-hybridized carbons (Fsp3) is 0.125. The Kier molecular flexibility index (Phi) is 3.64. The van der Waals surface area contributed by atoms with Crippen LogP contribution in [-0.2, 0) is 6.61 Å². The zero-order valence-corrected chi connectivity index (χ0v) is 11.9. The van der Waals surface area contributed by atoms with Crippen LogP contribution >= 0.6 is 0 Å². The van der Waals surface area contributed by atoms with Gasteiger partial charge in [-0.1, -0.05) is 12.1 Å². The number of aliphatic hydroxyl groups is 1. The van der Waals surface area contributed by atoms with E-state index in [-0.39, 0.29) is 6.61 Å². The average molecular weight is 291 g/mol. The number of nitriles is 1. The lowest BCUT2D eigenvalue weighted by molar-refractivity contribution is 0.281. The summed E-state index contributed by atoms with van der Waals surface area (Å²) < 4.78 is 1.79. The molecule has 0 aliphatic rings. The van der Waals surface area contributed by atoms with Crippen molar-refractivity contribution in [1.29, 1.82) is 5.26 Å². The lowest BCUT2D eigenvalue weighted by atomic mass is 10.2. The van der Waals surface area contributed by atoms with E-state index in [1.807, 2.05) is 19.1 Å². The number of nitrogens with zero attached hydrogens (tertiary/aromatic N) is 5. The molecule has 6 nitrogen and oxygen atoms in total. The molecule has 0 atom stereocenters. The van der Waals surface area contributed by atoms with Crippen molar-refractivity contribution in [3.63, 3.8) is 0 Å². The van der Waals surface area contributed by atoms with Gasteiger partial charge < -0.3 is 5.11 Å². The van der Waals surface area contributed by atoms with Gasteiger partial charge in [-0.2, -0.15) is 5.26 Å². The summed E-state index contributed by atoms with van der Waals surface area (Å²) in [6.45, 7) is 1.81. The van der Waals surface area contributed by atoms with Crippen molar-refractivity contribution in [2.45, 2.75) is 13.5 Å². The van der Waals surface area contributed by atoms with Gasteiger partial charge in [0.1, 0.15) is 5.65 Å². The van der Waals surface area contributed by atoms with Gasteiger partial charge in [0.25, 0.3) is 0 Å². The summed E-state index contributed by atoms with van der Waals surface area (Å²) in [7, 11) is 0. The van der Waals surface area contributed by atoms with Crippen molar-refractivity contribution in [2.75, 3.05) is 0 Å². The van der Waals surface area contributed by atoms with E-state index in [4.69, 9.17) is 5.26 Å². The average Bonchev–Trinajstić information content (AvgIpc) is 2.87. The van der Waals surface area contributed by atoms with Crippen molar-refractivity contribution in [1.82, 2.24) is 9.38 Å². The smallest absolute Gasteiger partial charge is 0.182 e. The molecule has 1 N–H and O–H groups in total. The molecule has 3 rings (SSSR count). The molecule has 0 aliphatic carbocycles. The van der Waals surface area contributed by atoms with E-state index in [9.17, 15) is 5.11 Å². The first-order chi connectivity index (χ1) is 10.7. The number of fused-ring (bicyclic) bond motifs is 1. The van der Waals surface area contributed by atoms with Crippen LogP contribution < -0.4 is 0 Å². The standard InChI is InChI=1S/C16H13N5O/c1-11-16(20-19-14-4-2-3-12(7-14)8-17)21-9-13(10-22)5-6-15(21)18-11/h2-7,9,22H,10H2,1H3. The third kappa shape index (κ3) is 2.57. The van der Waals surface area contributed by atoms with Crippen LogP contribution in [0.15, 0.2) is 52.8 Å². The van der Waals surface area contributed by atoms with Crippen molar-refractivity contribution < 1.29 is 5.11 Å². The number of aryl methyl sites for hydroxylation is 1. The molecule has 0 spiro atoms. The molecule has 0 radical (unpaired) electrons. The molecule has 0 aliphatic heterocycles. The third-order valence-electron chi connectivity index (χ3n) is 3.24. The maximum atomic E-state index is 9.24. The first-order valence-corrected chi connectivity index (χ1v) is 6.71. The molecular formula is C16H13N5O. The molecule has 2 aromatic heterocycles. The van der Waals surface area contributed by atoms with E-state index < -0.39 is 0 Å². The minimum atomic E-state index is -0.0477. The van der Waals surface area contributed by atoms with E-state index in [1.54, 1.807) is 34.9 Å². The lowest BCUT2D eigenvalue weighted by Gasteiger charge is -2.00. The van der Waals surface area contributed by atoms with Crippen molar-refractivity contribution in [2.24, 2.45) is 10.2 Å². The maximum absolute atomic E-state index is 9.24. The van der Waals surface area contributed by atoms with Gasteiger partial charge in [-0.25, -0.2) is 4.98 Å². The molecule has 3 aromatic rings. The predicted octanol–water partition coefficient (Wildman–Crippen LogP) is 3.42. The Balaban J connectivity index is 2.04. The number of rotatable bonds is 3. The molecule has 0 bridgehead atoms. The number of hydrogen-bond acceptors (Lipinski definition) is 5. The van der Waals surface area contributed by atoms with Crippen LogP contribution in [-0.4, -0.2) is 14.5 Å². The van der Waals surface area contributed by atoms with Crippen molar-refractivity contribution in [3.05, 3.63) is 59.4 Å². The summed E-state index contributed by atoms with van der Waals surface area (Å²) in [4.78, 5) is 4.41. The largest absolute Gasteiger partial charge is 0.392 e. The number of pyridine rings is 1. The molecule has 0 amide bonds. The van der Waals surface area contributed by atoms with Crippen LogP contribution in [0, 0.1) is 18.3 Å². The summed E-state index contributed by atoms with van der Waals surface area (Å²) in [6.07, 6.45) is 1.79. The maximum Gasteiger partial charge on any atom is 0.182 e. The van der Waals surface area contributed by atoms with Gasteiger partial charge in [-0.3, -0.25) is 4.40 Å². The zero-order chi connectivity index (χ0) is 15.5. The summed E-state index contributed by atoms with van der Waals surface area (Å²) in [5.41, 5.74) is 3.40. The molecular weight excluding hydrogens is 278 g/mol. The second-order valence-electron chi connectivity index (χ2n) is 4.81. The number of benzene rings is 1. The minimum Gasteiger partial charge on any atom is -0.392 e. The Morgan fingerprint density at radius 1 is 1.27 bits per heavy atom. The monoisotopic (exact) mass is 291 g/mol. The number of azo groups is 1. The summed E-state index contributed by atoms with van der Waals surface area (Å²) in [5.74, 6) is 0.604. The van der Waals surface area contributed by atoms with Crippen LogP contribution in [0.5, 0.6) is 0 Å². The minimum absolute atomic E-state index is 0.0477. The highest BCUT2D eigenvalue weighted by Crippen LogP contribution is 2.24. The van der Waals surface area contributed by atoms with Crippen LogP contribution in [0.4, 0.5) is 11.5 Å². The highest BCUT2D eigenvalue weighted by atomic mass is 16.3.